The standard InChI is InChI=1S/C15H12FN3/c1-10-5-7-11(8-6-10)19-15-12-3-2-4-13(16)14(12)17-9-18-15/h2-9H,1H3,(H,17,18,19). The minimum absolute atomic E-state index is 0.326. The van der Waals surface area contributed by atoms with Gasteiger partial charge in [0.25, 0.3) is 0 Å². The lowest BCUT2D eigenvalue weighted by Crippen LogP contribution is -1.97. The van der Waals surface area contributed by atoms with Crippen molar-refractivity contribution in [3.8, 4) is 0 Å². The topological polar surface area (TPSA) is 37.8 Å². The fourth-order valence-corrected chi connectivity index (χ4v) is 1.92. The Morgan fingerprint density at radius 2 is 1.79 bits per heavy atom. The normalized spacial score (nSPS) is 10.6. The van der Waals surface area contributed by atoms with Crippen LogP contribution in [0.3, 0.4) is 0 Å². The number of nitrogens with zero attached hydrogens (tertiary/aromatic N) is 2. The number of benzene rings is 2. The van der Waals surface area contributed by atoms with Crippen LogP contribution in [-0.2, 0) is 0 Å². The molecule has 3 aromatic rings. The number of rotatable bonds is 2. The first kappa shape index (κ1) is 11.6. The lowest BCUT2D eigenvalue weighted by atomic mass is 10.2. The van der Waals surface area contributed by atoms with Gasteiger partial charge in [0.2, 0.25) is 0 Å². The zero-order valence-corrected chi connectivity index (χ0v) is 10.4. The van der Waals surface area contributed by atoms with Gasteiger partial charge in [-0.05, 0) is 31.2 Å². The summed E-state index contributed by atoms with van der Waals surface area (Å²) in [6, 6.07) is 12.8. The van der Waals surface area contributed by atoms with Crippen molar-refractivity contribution < 1.29 is 4.39 Å². The average molecular weight is 253 g/mol. The fourth-order valence-electron chi connectivity index (χ4n) is 1.92. The second-order valence-electron chi connectivity index (χ2n) is 4.35. The van der Waals surface area contributed by atoms with E-state index in [1.54, 1.807) is 12.1 Å². The van der Waals surface area contributed by atoms with Crippen molar-refractivity contribution in [2.75, 3.05) is 5.32 Å². The number of hydrogen-bond acceptors (Lipinski definition) is 3. The van der Waals surface area contributed by atoms with Crippen molar-refractivity contribution in [2.45, 2.75) is 6.92 Å². The largest absolute Gasteiger partial charge is 0.340 e. The third-order valence-corrected chi connectivity index (χ3v) is 2.93. The fraction of sp³-hybridized carbons (Fsp3) is 0.0667. The highest BCUT2D eigenvalue weighted by atomic mass is 19.1. The Labute approximate surface area is 110 Å². The second-order valence-corrected chi connectivity index (χ2v) is 4.35. The molecule has 0 amide bonds. The molecule has 0 saturated heterocycles. The van der Waals surface area contributed by atoms with Gasteiger partial charge in [0, 0.05) is 11.1 Å². The van der Waals surface area contributed by atoms with Crippen LogP contribution in [0.2, 0.25) is 0 Å². The molecule has 0 saturated carbocycles. The van der Waals surface area contributed by atoms with Gasteiger partial charge in [0.15, 0.2) is 0 Å². The summed E-state index contributed by atoms with van der Waals surface area (Å²) in [4.78, 5) is 8.15. The van der Waals surface area contributed by atoms with Crippen molar-refractivity contribution in [1.82, 2.24) is 9.97 Å². The van der Waals surface area contributed by atoms with Gasteiger partial charge in [-0.15, -0.1) is 0 Å². The summed E-state index contributed by atoms with van der Waals surface area (Å²) >= 11 is 0. The Morgan fingerprint density at radius 3 is 2.58 bits per heavy atom. The maximum atomic E-state index is 13.6. The molecule has 3 rings (SSSR count). The highest BCUT2D eigenvalue weighted by molar-refractivity contribution is 5.90. The van der Waals surface area contributed by atoms with Crippen LogP contribution in [0.15, 0.2) is 48.8 Å². The molecule has 0 spiro atoms. The van der Waals surface area contributed by atoms with E-state index in [4.69, 9.17) is 0 Å². The van der Waals surface area contributed by atoms with Gasteiger partial charge in [-0.1, -0.05) is 23.8 Å². The maximum absolute atomic E-state index is 13.6. The maximum Gasteiger partial charge on any atom is 0.149 e. The highest BCUT2D eigenvalue weighted by Crippen LogP contribution is 2.24. The Hall–Kier alpha value is -2.49. The van der Waals surface area contributed by atoms with Crippen molar-refractivity contribution in [1.29, 1.82) is 0 Å². The van der Waals surface area contributed by atoms with E-state index in [1.807, 2.05) is 31.2 Å². The van der Waals surface area contributed by atoms with Crippen LogP contribution in [0.25, 0.3) is 10.9 Å². The first-order valence-electron chi connectivity index (χ1n) is 5.97. The quantitative estimate of drug-likeness (QED) is 0.754. The Kier molecular flexibility index (Phi) is 2.83. The van der Waals surface area contributed by atoms with Crippen LogP contribution in [0, 0.1) is 12.7 Å². The molecule has 0 radical (unpaired) electrons. The van der Waals surface area contributed by atoms with E-state index < -0.39 is 0 Å². The van der Waals surface area contributed by atoms with Gasteiger partial charge in [-0.2, -0.15) is 0 Å². The lowest BCUT2D eigenvalue weighted by Gasteiger charge is -2.08. The molecule has 0 aliphatic rings. The zero-order valence-electron chi connectivity index (χ0n) is 10.4. The molecule has 94 valence electrons. The van der Waals surface area contributed by atoms with Gasteiger partial charge in [0.1, 0.15) is 23.5 Å². The van der Waals surface area contributed by atoms with Crippen LogP contribution in [0.4, 0.5) is 15.9 Å². The minimum atomic E-state index is -0.341. The zero-order chi connectivity index (χ0) is 13.2. The number of anilines is 2. The molecule has 0 aliphatic carbocycles. The van der Waals surface area contributed by atoms with Crippen LogP contribution in [0.1, 0.15) is 5.56 Å². The first-order chi connectivity index (χ1) is 9.24. The number of fused-ring (bicyclic) bond motifs is 1. The average Bonchev–Trinajstić information content (AvgIpc) is 2.43. The van der Waals surface area contributed by atoms with Crippen molar-refractivity contribution >= 4 is 22.4 Å². The summed E-state index contributed by atoms with van der Waals surface area (Å²) in [6.45, 7) is 2.03. The molecular weight excluding hydrogens is 241 g/mol. The third-order valence-electron chi connectivity index (χ3n) is 2.93. The van der Waals surface area contributed by atoms with E-state index in [9.17, 15) is 4.39 Å². The van der Waals surface area contributed by atoms with Crippen LogP contribution in [-0.4, -0.2) is 9.97 Å². The number of halogens is 1. The summed E-state index contributed by atoms with van der Waals surface area (Å²) in [5.41, 5.74) is 2.42. The van der Waals surface area contributed by atoms with E-state index in [-0.39, 0.29) is 5.82 Å². The Bertz CT molecular complexity index is 723. The van der Waals surface area contributed by atoms with Crippen molar-refractivity contribution in [3.63, 3.8) is 0 Å². The van der Waals surface area contributed by atoms with Gasteiger partial charge < -0.3 is 5.32 Å². The number of nitrogens with one attached hydrogen (secondary N) is 1. The molecule has 0 fully saturated rings. The third kappa shape index (κ3) is 2.25. The molecule has 4 heteroatoms. The molecule has 0 unspecified atom stereocenters. The number of hydrogen-bond donors (Lipinski definition) is 1. The molecule has 0 aliphatic heterocycles. The van der Waals surface area contributed by atoms with Gasteiger partial charge in [-0.3, -0.25) is 0 Å². The number of aromatic nitrogens is 2. The van der Waals surface area contributed by atoms with E-state index in [1.165, 1.54) is 18.0 Å². The number of para-hydroxylation sites is 1. The molecule has 1 N–H and O–H groups in total. The molecule has 1 heterocycles. The summed E-state index contributed by atoms with van der Waals surface area (Å²) < 4.78 is 13.6. The van der Waals surface area contributed by atoms with Gasteiger partial charge >= 0.3 is 0 Å². The molecule has 0 bridgehead atoms. The van der Waals surface area contributed by atoms with Crippen molar-refractivity contribution in [3.05, 3.63) is 60.2 Å². The lowest BCUT2D eigenvalue weighted by molar-refractivity contribution is 0.636. The summed E-state index contributed by atoms with van der Waals surface area (Å²) in [5.74, 6) is 0.264. The monoisotopic (exact) mass is 253 g/mol. The Morgan fingerprint density at radius 1 is 1.00 bits per heavy atom. The molecular formula is C15H12FN3. The van der Waals surface area contributed by atoms with Crippen LogP contribution in [0.5, 0.6) is 0 Å². The molecule has 2 aromatic carbocycles. The highest BCUT2D eigenvalue weighted by Gasteiger charge is 2.07. The van der Waals surface area contributed by atoms with E-state index >= 15 is 0 Å². The Balaban J connectivity index is 2.06. The van der Waals surface area contributed by atoms with Crippen LogP contribution < -0.4 is 5.32 Å². The van der Waals surface area contributed by atoms with Gasteiger partial charge in [0.05, 0.1) is 0 Å². The predicted molar refractivity (Wildman–Crippen MR) is 74.0 cm³/mol. The molecule has 0 atom stereocenters. The summed E-state index contributed by atoms with van der Waals surface area (Å²) in [7, 11) is 0. The van der Waals surface area contributed by atoms with Crippen LogP contribution >= 0.6 is 0 Å². The van der Waals surface area contributed by atoms with E-state index in [2.05, 4.69) is 15.3 Å². The molecule has 1 aromatic heterocycles. The van der Waals surface area contributed by atoms with E-state index in [0.717, 1.165) is 5.69 Å². The van der Waals surface area contributed by atoms with Gasteiger partial charge in [-0.25, -0.2) is 14.4 Å². The SMILES string of the molecule is Cc1ccc(Nc2ncnc3c(F)cccc23)cc1. The smallest absolute Gasteiger partial charge is 0.149 e. The summed E-state index contributed by atoms with van der Waals surface area (Å²) in [6.07, 6.45) is 1.36. The summed E-state index contributed by atoms with van der Waals surface area (Å²) in [5, 5.41) is 3.85. The predicted octanol–water partition coefficient (Wildman–Crippen LogP) is 3.82. The molecule has 3 nitrogen and oxygen atoms in total. The van der Waals surface area contributed by atoms with Crippen molar-refractivity contribution in [2.24, 2.45) is 0 Å². The second kappa shape index (κ2) is 4.65. The van der Waals surface area contributed by atoms with E-state index in [0.29, 0.717) is 16.7 Å². The number of aryl methyl sites for hydroxylation is 1. The minimum Gasteiger partial charge on any atom is -0.340 e. The first-order valence-corrected chi connectivity index (χ1v) is 5.97. The molecule has 19 heavy (non-hydrogen) atoms.